The lowest BCUT2D eigenvalue weighted by Crippen LogP contribution is -2.14. The van der Waals surface area contributed by atoms with Gasteiger partial charge in [0.25, 0.3) is 0 Å². The third-order valence-electron chi connectivity index (χ3n) is 3.22. The summed E-state index contributed by atoms with van der Waals surface area (Å²) in [7, 11) is 1.37. The fourth-order valence-corrected chi connectivity index (χ4v) is 2.90. The molecule has 0 heterocycles. The third kappa shape index (κ3) is 5.93. The van der Waals surface area contributed by atoms with E-state index in [0.29, 0.717) is 17.0 Å². The van der Waals surface area contributed by atoms with Gasteiger partial charge >= 0.3 is 6.61 Å². The van der Waals surface area contributed by atoms with Crippen LogP contribution in [0.3, 0.4) is 0 Å². The Hall–Kier alpha value is -2.79. The average molecular weight is 378 g/mol. The van der Waals surface area contributed by atoms with Crippen LogP contribution < -0.4 is 14.8 Å². The summed E-state index contributed by atoms with van der Waals surface area (Å²) in [5, 5.41) is 11.6. The van der Waals surface area contributed by atoms with Crippen LogP contribution in [0.15, 0.2) is 42.5 Å². The van der Waals surface area contributed by atoms with Crippen LogP contribution in [0.25, 0.3) is 0 Å². The molecule has 0 aliphatic carbocycles. The maximum atomic E-state index is 12.3. The molecule has 1 amide bonds. The number of nitriles is 1. The number of benzene rings is 2. The van der Waals surface area contributed by atoms with Gasteiger partial charge in [-0.15, -0.1) is 11.8 Å². The van der Waals surface area contributed by atoms with E-state index in [-0.39, 0.29) is 23.2 Å². The number of ether oxygens (including phenoxy) is 2. The van der Waals surface area contributed by atoms with E-state index in [1.807, 2.05) is 6.07 Å². The maximum Gasteiger partial charge on any atom is 0.387 e. The van der Waals surface area contributed by atoms with Crippen LogP contribution >= 0.6 is 11.8 Å². The largest absolute Gasteiger partial charge is 0.493 e. The number of carbonyl (C=O) groups excluding carboxylic acids is 1. The predicted molar refractivity (Wildman–Crippen MR) is 95.6 cm³/mol. The number of hydrogen-bond acceptors (Lipinski definition) is 5. The fourth-order valence-electron chi connectivity index (χ4n) is 2.12. The topological polar surface area (TPSA) is 71.3 Å². The lowest BCUT2D eigenvalue weighted by Gasteiger charge is -2.11. The highest BCUT2D eigenvalue weighted by Gasteiger charge is 2.11. The number of carbonyl (C=O) groups is 1. The number of hydrogen-bond donors (Lipinski definition) is 1. The Bertz CT molecular complexity index is 809. The van der Waals surface area contributed by atoms with Crippen LogP contribution in [-0.2, 0) is 10.5 Å². The molecule has 0 saturated carbocycles. The number of amides is 1. The number of nitrogens with one attached hydrogen (secondary N) is 1. The summed E-state index contributed by atoms with van der Waals surface area (Å²) in [5.41, 5.74) is 1.84. The van der Waals surface area contributed by atoms with Gasteiger partial charge in [0.05, 0.1) is 24.5 Å². The molecular weight excluding hydrogens is 362 g/mol. The maximum absolute atomic E-state index is 12.3. The molecular formula is C18H16F2N2O3S. The molecule has 2 aromatic carbocycles. The first kappa shape index (κ1) is 19.5. The summed E-state index contributed by atoms with van der Waals surface area (Å²) in [6.07, 6.45) is 0. The van der Waals surface area contributed by atoms with Crippen LogP contribution in [0.4, 0.5) is 14.5 Å². The zero-order chi connectivity index (χ0) is 18.9. The highest BCUT2D eigenvalue weighted by molar-refractivity contribution is 7.99. The van der Waals surface area contributed by atoms with Gasteiger partial charge in [-0.3, -0.25) is 4.79 Å². The van der Waals surface area contributed by atoms with Crippen molar-refractivity contribution in [2.24, 2.45) is 0 Å². The van der Waals surface area contributed by atoms with E-state index in [2.05, 4.69) is 10.1 Å². The zero-order valence-corrected chi connectivity index (χ0v) is 14.7. The first-order valence-electron chi connectivity index (χ1n) is 7.51. The summed E-state index contributed by atoms with van der Waals surface area (Å²) in [6, 6.07) is 13.3. The van der Waals surface area contributed by atoms with Crippen molar-refractivity contribution < 1.29 is 23.0 Å². The number of rotatable bonds is 8. The van der Waals surface area contributed by atoms with Crippen molar-refractivity contribution >= 4 is 23.4 Å². The number of anilines is 1. The molecule has 0 spiro atoms. The third-order valence-corrected chi connectivity index (χ3v) is 4.23. The summed E-state index contributed by atoms with van der Waals surface area (Å²) in [5.74, 6) is 0.674. The molecule has 2 aromatic rings. The molecule has 0 aliphatic heterocycles. The predicted octanol–water partition coefficient (Wildman–Crippen LogP) is 4.04. The molecule has 136 valence electrons. The van der Waals surface area contributed by atoms with Crippen LogP contribution in [-0.4, -0.2) is 25.4 Å². The zero-order valence-electron chi connectivity index (χ0n) is 13.9. The van der Waals surface area contributed by atoms with Crippen LogP contribution in [0.1, 0.15) is 11.1 Å². The molecule has 0 unspecified atom stereocenters. The molecule has 0 atom stereocenters. The number of halogens is 2. The van der Waals surface area contributed by atoms with Crippen LogP contribution in [0.2, 0.25) is 0 Å². The van der Waals surface area contributed by atoms with Crippen LogP contribution in [0, 0.1) is 11.3 Å². The smallest absolute Gasteiger partial charge is 0.387 e. The Labute approximate surface area is 153 Å². The van der Waals surface area contributed by atoms with E-state index in [1.54, 1.807) is 36.4 Å². The molecule has 0 fully saturated rings. The molecule has 0 radical (unpaired) electrons. The summed E-state index contributed by atoms with van der Waals surface area (Å²) in [4.78, 5) is 12.0. The van der Waals surface area contributed by atoms with Crippen molar-refractivity contribution in [3.05, 3.63) is 53.6 Å². The minimum Gasteiger partial charge on any atom is -0.493 e. The second-order valence-electron chi connectivity index (χ2n) is 5.10. The minimum absolute atomic E-state index is 0.0358. The van der Waals surface area contributed by atoms with Gasteiger partial charge in [0.1, 0.15) is 0 Å². The van der Waals surface area contributed by atoms with Crippen molar-refractivity contribution in [3.8, 4) is 17.6 Å². The fraction of sp³-hybridized carbons (Fsp3) is 0.222. The molecule has 5 nitrogen and oxygen atoms in total. The number of nitrogens with zero attached hydrogens (tertiary/aromatic N) is 1. The van der Waals surface area contributed by atoms with E-state index in [1.165, 1.54) is 24.9 Å². The Morgan fingerprint density at radius 3 is 2.77 bits per heavy atom. The normalized spacial score (nSPS) is 10.3. The van der Waals surface area contributed by atoms with Crippen molar-refractivity contribution in [1.82, 2.24) is 0 Å². The van der Waals surface area contributed by atoms with E-state index in [9.17, 15) is 13.6 Å². The average Bonchev–Trinajstić information content (AvgIpc) is 2.62. The van der Waals surface area contributed by atoms with Gasteiger partial charge in [0.2, 0.25) is 5.91 Å². The van der Waals surface area contributed by atoms with Gasteiger partial charge in [0.15, 0.2) is 11.5 Å². The van der Waals surface area contributed by atoms with Gasteiger partial charge in [0, 0.05) is 11.4 Å². The van der Waals surface area contributed by atoms with E-state index < -0.39 is 6.61 Å². The summed E-state index contributed by atoms with van der Waals surface area (Å²) in [6.45, 7) is -2.92. The highest BCUT2D eigenvalue weighted by Crippen LogP contribution is 2.30. The Kier molecular flexibility index (Phi) is 7.24. The molecule has 0 bridgehead atoms. The minimum atomic E-state index is -2.92. The molecule has 0 aliphatic rings. The van der Waals surface area contributed by atoms with E-state index >= 15 is 0 Å². The number of methoxy groups -OCH3 is 1. The van der Waals surface area contributed by atoms with Gasteiger partial charge in [-0.1, -0.05) is 12.1 Å². The summed E-state index contributed by atoms with van der Waals surface area (Å²) >= 11 is 1.36. The lowest BCUT2D eigenvalue weighted by atomic mass is 10.2. The first-order chi connectivity index (χ1) is 12.5. The molecule has 8 heteroatoms. The molecule has 0 aromatic heterocycles. The Balaban J connectivity index is 1.86. The molecule has 2 rings (SSSR count). The Morgan fingerprint density at radius 1 is 1.27 bits per heavy atom. The standard InChI is InChI=1S/C18H16F2N2O3S/c1-24-16-8-13(5-6-15(16)25-18(19)20)10-26-11-17(23)22-14-4-2-3-12(7-14)9-21/h2-8,18H,10-11H2,1H3,(H,22,23). The highest BCUT2D eigenvalue weighted by atomic mass is 32.2. The summed E-state index contributed by atoms with van der Waals surface area (Å²) < 4.78 is 34.0. The van der Waals surface area contributed by atoms with Gasteiger partial charge in [-0.2, -0.15) is 14.0 Å². The van der Waals surface area contributed by atoms with Crippen molar-refractivity contribution in [3.63, 3.8) is 0 Å². The van der Waals surface area contributed by atoms with Crippen LogP contribution in [0.5, 0.6) is 11.5 Å². The monoisotopic (exact) mass is 378 g/mol. The second-order valence-corrected chi connectivity index (χ2v) is 6.08. The lowest BCUT2D eigenvalue weighted by molar-refractivity contribution is -0.113. The van der Waals surface area contributed by atoms with Crippen molar-refractivity contribution in [2.75, 3.05) is 18.2 Å². The number of thioether (sulfide) groups is 1. The quantitative estimate of drug-likeness (QED) is 0.751. The number of alkyl halides is 2. The van der Waals surface area contributed by atoms with Gasteiger partial charge in [-0.25, -0.2) is 0 Å². The SMILES string of the molecule is COc1cc(CSCC(=O)Nc2cccc(C#N)c2)ccc1OC(F)F. The van der Waals surface area contributed by atoms with E-state index in [0.717, 1.165) is 5.56 Å². The molecule has 0 saturated heterocycles. The van der Waals surface area contributed by atoms with Gasteiger partial charge in [-0.05, 0) is 35.9 Å². The van der Waals surface area contributed by atoms with Gasteiger partial charge < -0.3 is 14.8 Å². The van der Waals surface area contributed by atoms with Crippen molar-refractivity contribution in [1.29, 1.82) is 5.26 Å². The Morgan fingerprint density at radius 2 is 2.08 bits per heavy atom. The first-order valence-corrected chi connectivity index (χ1v) is 8.66. The van der Waals surface area contributed by atoms with E-state index in [4.69, 9.17) is 10.00 Å². The molecule has 26 heavy (non-hydrogen) atoms. The van der Waals surface area contributed by atoms with Crippen molar-refractivity contribution in [2.45, 2.75) is 12.4 Å². The molecule has 1 N–H and O–H groups in total. The second kappa shape index (κ2) is 9.63.